The molecule has 0 saturated carbocycles. The average molecular weight is 309 g/mol. The van der Waals surface area contributed by atoms with E-state index in [0.29, 0.717) is 18.3 Å². The van der Waals surface area contributed by atoms with Crippen LogP contribution in [0.25, 0.3) is 11.5 Å². The van der Waals surface area contributed by atoms with Gasteiger partial charge in [0.1, 0.15) is 5.75 Å². The summed E-state index contributed by atoms with van der Waals surface area (Å²) in [6.07, 6.45) is 1.04. The van der Waals surface area contributed by atoms with Crippen LogP contribution in [0.2, 0.25) is 0 Å². The van der Waals surface area contributed by atoms with Crippen molar-refractivity contribution >= 4 is 5.69 Å². The zero-order chi connectivity index (χ0) is 16.1. The van der Waals surface area contributed by atoms with Gasteiger partial charge in [-0.2, -0.15) is 0 Å². The summed E-state index contributed by atoms with van der Waals surface area (Å²) in [6, 6.07) is 15.9. The summed E-state index contributed by atoms with van der Waals surface area (Å²) in [6.45, 7) is 2.63. The Kier molecular flexibility index (Phi) is 4.57. The number of hydrogen-bond donors (Lipinski definition) is 1. The van der Waals surface area contributed by atoms with Crippen LogP contribution in [0.3, 0.4) is 0 Å². The largest absolute Gasteiger partial charge is 0.497 e. The second-order valence-corrected chi connectivity index (χ2v) is 5.14. The van der Waals surface area contributed by atoms with Crippen molar-refractivity contribution in [3.05, 3.63) is 60.0 Å². The summed E-state index contributed by atoms with van der Waals surface area (Å²) in [7, 11) is 1.63. The summed E-state index contributed by atoms with van der Waals surface area (Å²) in [5, 5.41) is 11.4. The predicted molar refractivity (Wildman–Crippen MR) is 89.4 cm³/mol. The van der Waals surface area contributed by atoms with Crippen LogP contribution in [-0.4, -0.2) is 17.3 Å². The number of anilines is 1. The van der Waals surface area contributed by atoms with Crippen molar-refractivity contribution in [1.82, 2.24) is 10.2 Å². The van der Waals surface area contributed by atoms with Gasteiger partial charge in [0.15, 0.2) is 0 Å². The molecule has 0 radical (unpaired) electrons. The Morgan fingerprint density at radius 3 is 2.65 bits per heavy atom. The summed E-state index contributed by atoms with van der Waals surface area (Å²) in [5.74, 6) is 1.79. The van der Waals surface area contributed by atoms with Crippen LogP contribution in [0.1, 0.15) is 18.4 Å². The van der Waals surface area contributed by atoms with Crippen LogP contribution in [-0.2, 0) is 13.0 Å². The highest BCUT2D eigenvalue weighted by Crippen LogP contribution is 2.22. The molecule has 2 aromatic carbocycles. The molecule has 1 N–H and O–H groups in total. The first-order valence-corrected chi connectivity index (χ1v) is 7.58. The molecule has 118 valence electrons. The van der Waals surface area contributed by atoms with Gasteiger partial charge in [-0.05, 0) is 42.3 Å². The minimum Gasteiger partial charge on any atom is -0.497 e. The highest BCUT2D eigenvalue weighted by atomic mass is 16.5. The van der Waals surface area contributed by atoms with Crippen LogP contribution >= 0.6 is 0 Å². The minimum absolute atomic E-state index is 0.488. The maximum atomic E-state index is 5.70. The molecule has 5 nitrogen and oxygen atoms in total. The third kappa shape index (κ3) is 3.69. The Balaban J connectivity index is 1.66. The molecule has 1 heterocycles. The van der Waals surface area contributed by atoms with Crippen molar-refractivity contribution in [1.29, 1.82) is 0 Å². The lowest BCUT2D eigenvalue weighted by Gasteiger charge is -2.04. The molecule has 0 aliphatic rings. The van der Waals surface area contributed by atoms with E-state index in [4.69, 9.17) is 9.15 Å². The summed E-state index contributed by atoms with van der Waals surface area (Å²) in [5.41, 5.74) is 3.19. The SMILES string of the molecule is CCc1ccc(NCc2nnc(-c3cccc(OC)c3)o2)cc1. The van der Waals surface area contributed by atoms with Gasteiger partial charge in [-0.1, -0.05) is 25.1 Å². The van der Waals surface area contributed by atoms with Crippen molar-refractivity contribution < 1.29 is 9.15 Å². The summed E-state index contributed by atoms with van der Waals surface area (Å²) in [4.78, 5) is 0. The molecule has 1 aromatic heterocycles. The number of aryl methyl sites for hydroxylation is 1. The molecular weight excluding hydrogens is 290 g/mol. The molecule has 0 saturated heterocycles. The second kappa shape index (κ2) is 6.96. The maximum absolute atomic E-state index is 5.70. The number of rotatable bonds is 6. The quantitative estimate of drug-likeness (QED) is 0.748. The molecule has 3 rings (SSSR count). The van der Waals surface area contributed by atoms with Gasteiger partial charge in [0.05, 0.1) is 13.7 Å². The minimum atomic E-state index is 0.488. The fraction of sp³-hybridized carbons (Fsp3) is 0.222. The van der Waals surface area contributed by atoms with Gasteiger partial charge in [0.25, 0.3) is 0 Å². The van der Waals surface area contributed by atoms with E-state index in [0.717, 1.165) is 23.4 Å². The summed E-state index contributed by atoms with van der Waals surface area (Å²) >= 11 is 0. The molecule has 0 amide bonds. The van der Waals surface area contributed by atoms with E-state index in [9.17, 15) is 0 Å². The third-order valence-corrected chi connectivity index (χ3v) is 3.59. The van der Waals surface area contributed by atoms with E-state index in [-0.39, 0.29) is 0 Å². The lowest BCUT2D eigenvalue weighted by atomic mass is 10.1. The van der Waals surface area contributed by atoms with Crippen molar-refractivity contribution in [2.24, 2.45) is 0 Å². The smallest absolute Gasteiger partial charge is 0.247 e. The molecule has 23 heavy (non-hydrogen) atoms. The van der Waals surface area contributed by atoms with E-state index in [1.807, 2.05) is 24.3 Å². The molecule has 0 fully saturated rings. The Bertz CT molecular complexity index is 766. The lowest BCUT2D eigenvalue weighted by molar-refractivity contribution is 0.414. The first-order chi connectivity index (χ1) is 11.3. The highest BCUT2D eigenvalue weighted by molar-refractivity contribution is 5.55. The van der Waals surface area contributed by atoms with Crippen molar-refractivity contribution in [3.8, 4) is 17.2 Å². The zero-order valence-corrected chi connectivity index (χ0v) is 13.2. The maximum Gasteiger partial charge on any atom is 0.247 e. The molecule has 0 aliphatic heterocycles. The highest BCUT2D eigenvalue weighted by Gasteiger charge is 2.09. The van der Waals surface area contributed by atoms with Gasteiger partial charge in [-0.25, -0.2) is 0 Å². The van der Waals surface area contributed by atoms with Gasteiger partial charge < -0.3 is 14.5 Å². The predicted octanol–water partition coefficient (Wildman–Crippen LogP) is 3.92. The fourth-order valence-corrected chi connectivity index (χ4v) is 2.23. The standard InChI is InChI=1S/C18H19N3O2/c1-3-13-7-9-15(10-8-13)19-12-17-20-21-18(23-17)14-5-4-6-16(11-14)22-2/h4-11,19H,3,12H2,1-2H3. The fourth-order valence-electron chi connectivity index (χ4n) is 2.23. The number of aromatic nitrogens is 2. The average Bonchev–Trinajstić information content (AvgIpc) is 3.09. The van der Waals surface area contributed by atoms with E-state index < -0.39 is 0 Å². The van der Waals surface area contributed by atoms with Crippen LogP contribution < -0.4 is 10.1 Å². The van der Waals surface area contributed by atoms with Crippen molar-refractivity contribution in [2.75, 3.05) is 12.4 Å². The Morgan fingerprint density at radius 1 is 1.09 bits per heavy atom. The molecular formula is C18H19N3O2. The zero-order valence-electron chi connectivity index (χ0n) is 13.2. The molecule has 0 atom stereocenters. The first-order valence-electron chi connectivity index (χ1n) is 7.58. The second-order valence-electron chi connectivity index (χ2n) is 5.14. The lowest BCUT2D eigenvalue weighted by Crippen LogP contribution is -1.99. The van der Waals surface area contributed by atoms with Gasteiger partial charge in [-0.15, -0.1) is 10.2 Å². The van der Waals surface area contributed by atoms with Gasteiger partial charge in [-0.3, -0.25) is 0 Å². The van der Waals surface area contributed by atoms with Crippen molar-refractivity contribution in [2.45, 2.75) is 19.9 Å². The monoisotopic (exact) mass is 309 g/mol. The number of nitrogens with zero attached hydrogens (tertiary/aromatic N) is 2. The molecule has 0 unspecified atom stereocenters. The number of hydrogen-bond acceptors (Lipinski definition) is 5. The van der Waals surface area contributed by atoms with Crippen LogP contribution in [0.15, 0.2) is 52.9 Å². The summed E-state index contributed by atoms with van der Waals surface area (Å²) < 4.78 is 10.9. The van der Waals surface area contributed by atoms with Gasteiger partial charge >= 0.3 is 0 Å². The van der Waals surface area contributed by atoms with E-state index in [1.165, 1.54) is 5.56 Å². The number of methoxy groups -OCH3 is 1. The molecule has 0 aliphatic carbocycles. The normalized spacial score (nSPS) is 10.5. The number of benzene rings is 2. The van der Waals surface area contributed by atoms with Crippen molar-refractivity contribution in [3.63, 3.8) is 0 Å². The number of ether oxygens (including phenoxy) is 1. The van der Waals surface area contributed by atoms with Crippen LogP contribution in [0.4, 0.5) is 5.69 Å². The Labute approximate surface area is 135 Å². The van der Waals surface area contributed by atoms with E-state index in [2.05, 4.69) is 46.7 Å². The Hall–Kier alpha value is -2.82. The molecule has 3 aromatic rings. The van der Waals surface area contributed by atoms with Crippen LogP contribution in [0.5, 0.6) is 5.75 Å². The van der Waals surface area contributed by atoms with E-state index in [1.54, 1.807) is 7.11 Å². The van der Waals surface area contributed by atoms with E-state index >= 15 is 0 Å². The topological polar surface area (TPSA) is 60.2 Å². The third-order valence-electron chi connectivity index (χ3n) is 3.59. The van der Waals surface area contributed by atoms with Gasteiger partial charge in [0, 0.05) is 11.3 Å². The van der Waals surface area contributed by atoms with Crippen LogP contribution in [0, 0.1) is 0 Å². The molecule has 0 bridgehead atoms. The first kappa shape index (κ1) is 15.1. The number of nitrogens with one attached hydrogen (secondary N) is 1. The Morgan fingerprint density at radius 2 is 1.91 bits per heavy atom. The van der Waals surface area contributed by atoms with Gasteiger partial charge in [0.2, 0.25) is 11.8 Å². The molecule has 5 heteroatoms. The molecule has 0 spiro atoms.